The highest BCUT2D eigenvalue weighted by atomic mass is 35.5. The van der Waals surface area contributed by atoms with Gasteiger partial charge in [0.15, 0.2) is 11.5 Å². The standard InChI is InChI=1S/C21H25ClN4O3/c1-14(2)6-10-29-19-17(22)11-16(12-18(19)28-3)21(27)26-9-8-25-20-15(13-23)5-4-7-24-20/h4-5,7,11-12,14H,6,8-10H2,1-3H3,(H,24,25)(H,26,27). The molecule has 0 saturated heterocycles. The molecule has 0 aliphatic rings. The van der Waals surface area contributed by atoms with E-state index in [4.69, 9.17) is 26.3 Å². The number of anilines is 1. The minimum absolute atomic E-state index is 0.290. The third kappa shape index (κ3) is 6.54. The van der Waals surface area contributed by atoms with Crippen LogP contribution in [0, 0.1) is 17.2 Å². The number of rotatable bonds is 10. The number of methoxy groups -OCH3 is 1. The number of aromatic nitrogens is 1. The Morgan fingerprint density at radius 2 is 2.14 bits per heavy atom. The molecule has 0 bridgehead atoms. The first-order valence-corrected chi connectivity index (χ1v) is 9.71. The lowest BCUT2D eigenvalue weighted by Gasteiger charge is -2.15. The molecule has 0 saturated carbocycles. The van der Waals surface area contributed by atoms with Gasteiger partial charge < -0.3 is 20.1 Å². The minimum Gasteiger partial charge on any atom is -0.493 e. The van der Waals surface area contributed by atoms with Gasteiger partial charge in [0.25, 0.3) is 5.91 Å². The molecular weight excluding hydrogens is 392 g/mol. The van der Waals surface area contributed by atoms with Crippen LogP contribution in [0.1, 0.15) is 36.2 Å². The van der Waals surface area contributed by atoms with E-state index >= 15 is 0 Å². The molecule has 1 aromatic heterocycles. The highest BCUT2D eigenvalue weighted by Gasteiger charge is 2.16. The first-order chi connectivity index (χ1) is 14.0. The zero-order valence-corrected chi connectivity index (χ0v) is 17.5. The van der Waals surface area contributed by atoms with Crippen LogP contribution in [-0.4, -0.2) is 37.7 Å². The molecular formula is C21H25ClN4O3. The average molecular weight is 417 g/mol. The monoisotopic (exact) mass is 416 g/mol. The van der Waals surface area contributed by atoms with E-state index in [9.17, 15) is 4.79 Å². The summed E-state index contributed by atoms with van der Waals surface area (Å²) in [5.41, 5.74) is 0.821. The van der Waals surface area contributed by atoms with Crippen LogP contribution in [0.25, 0.3) is 0 Å². The van der Waals surface area contributed by atoms with Crippen LogP contribution in [0.5, 0.6) is 11.5 Å². The third-order valence-electron chi connectivity index (χ3n) is 4.06. The lowest BCUT2D eigenvalue weighted by Crippen LogP contribution is -2.29. The predicted octanol–water partition coefficient (Wildman–Crippen LogP) is 3.88. The van der Waals surface area contributed by atoms with Crippen molar-refractivity contribution in [2.75, 3.05) is 32.1 Å². The van der Waals surface area contributed by atoms with Gasteiger partial charge in [0.1, 0.15) is 11.9 Å². The predicted molar refractivity (Wildman–Crippen MR) is 113 cm³/mol. The van der Waals surface area contributed by atoms with Gasteiger partial charge in [0.2, 0.25) is 0 Å². The number of nitrogens with one attached hydrogen (secondary N) is 2. The molecule has 154 valence electrons. The molecule has 0 aliphatic heterocycles. The van der Waals surface area contributed by atoms with Crippen molar-refractivity contribution in [3.63, 3.8) is 0 Å². The van der Waals surface area contributed by atoms with Gasteiger partial charge >= 0.3 is 0 Å². The average Bonchev–Trinajstić information content (AvgIpc) is 2.71. The van der Waals surface area contributed by atoms with E-state index in [1.54, 1.807) is 30.5 Å². The number of ether oxygens (including phenoxy) is 2. The van der Waals surface area contributed by atoms with Crippen molar-refractivity contribution in [2.45, 2.75) is 20.3 Å². The van der Waals surface area contributed by atoms with Crippen molar-refractivity contribution < 1.29 is 14.3 Å². The summed E-state index contributed by atoms with van der Waals surface area (Å²) in [6.07, 6.45) is 2.49. The van der Waals surface area contributed by atoms with E-state index in [2.05, 4.69) is 35.5 Å². The summed E-state index contributed by atoms with van der Waals surface area (Å²) in [4.78, 5) is 16.6. The van der Waals surface area contributed by atoms with Gasteiger partial charge in [-0.3, -0.25) is 4.79 Å². The highest BCUT2D eigenvalue weighted by molar-refractivity contribution is 6.32. The third-order valence-corrected chi connectivity index (χ3v) is 4.35. The van der Waals surface area contributed by atoms with Crippen molar-refractivity contribution in [2.24, 2.45) is 5.92 Å². The SMILES string of the molecule is COc1cc(C(=O)NCCNc2ncccc2C#N)cc(Cl)c1OCCC(C)C. The molecule has 8 heteroatoms. The molecule has 0 spiro atoms. The lowest BCUT2D eigenvalue weighted by atomic mass is 10.1. The number of carbonyl (C=O) groups excluding carboxylic acids is 1. The van der Waals surface area contributed by atoms with Crippen LogP contribution in [0.15, 0.2) is 30.5 Å². The summed E-state index contributed by atoms with van der Waals surface area (Å²) in [5.74, 6) is 1.55. The van der Waals surface area contributed by atoms with E-state index in [1.165, 1.54) is 7.11 Å². The second kappa shape index (κ2) is 11.1. The van der Waals surface area contributed by atoms with Crippen molar-refractivity contribution >= 4 is 23.3 Å². The number of halogens is 1. The Kier molecular flexibility index (Phi) is 8.56. The van der Waals surface area contributed by atoms with Crippen molar-refractivity contribution in [3.8, 4) is 17.6 Å². The number of nitriles is 1. The Hall–Kier alpha value is -2.98. The van der Waals surface area contributed by atoms with Gasteiger partial charge in [-0.2, -0.15) is 5.26 Å². The molecule has 2 aromatic rings. The summed E-state index contributed by atoms with van der Waals surface area (Å²) in [6.45, 7) is 5.49. The van der Waals surface area contributed by atoms with E-state index in [0.717, 1.165) is 6.42 Å². The van der Waals surface area contributed by atoms with E-state index < -0.39 is 0 Å². The molecule has 0 atom stereocenters. The maximum atomic E-state index is 12.5. The van der Waals surface area contributed by atoms with Gasteiger partial charge in [-0.15, -0.1) is 0 Å². The Bertz CT molecular complexity index is 881. The number of carbonyl (C=O) groups is 1. The topological polar surface area (TPSA) is 96.3 Å². The van der Waals surface area contributed by atoms with Gasteiger partial charge in [-0.05, 0) is 36.6 Å². The number of amides is 1. The largest absolute Gasteiger partial charge is 0.493 e. The molecule has 0 unspecified atom stereocenters. The molecule has 29 heavy (non-hydrogen) atoms. The Morgan fingerprint density at radius 3 is 2.83 bits per heavy atom. The van der Waals surface area contributed by atoms with Crippen LogP contribution < -0.4 is 20.1 Å². The smallest absolute Gasteiger partial charge is 0.251 e. The first kappa shape index (κ1) is 22.3. The van der Waals surface area contributed by atoms with E-state index in [0.29, 0.717) is 59.1 Å². The Morgan fingerprint density at radius 1 is 1.34 bits per heavy atom. The van der Waals surface area contributed by atoms with Gasteiger partial charge in [0, 0.05) is 24.8 Å². The summed E-state index contributed by atoms with van der Waals surface area (Å²) >= 11 is 6.31. The molecule has 0 aliphatic carbocycles. The lowest BCUT2D eigenvalue weighted by molar-refractivity contribution is 0.0954. The Balaban J connectivity index is 1.94. The molecule has 1 amide bonds. The highest BCUT2D eigenvalue weighted by Crippen LogP contribution is 2.36. The van der Waals surface area contributed by atoms with Gasteiger partial charge in [-0.25, -0.2) is 4.98 Å². The summed E-state index contributed by atoms with van der Waals surface area (Å²) < 4.78 is 11.1. The molecule has 2 N–H and O–H groups in total. The molecule has 1 aromatic carbocycles. The Labute approximate surface area is 176 Å². The van der Waals surface area contributed by atoms with Crippen LogP contribution in [0.2, 0.25) is 5.02 Å². The van der Waals surface area contributed by atoms with Crippen LogP contribution in [0.3, 0.4) is 0 Å². The second-order valence-corrected chi connectivity index (χ2v) is 7.12. The van der Waals surface area contributed by atoms with Crippen LogP contribution in [0.4, 0.5) is 5.82 Å². The molecule has 0 radical (unpaired) electrons. The van der Waals surface area contributed by atoms with Crippen molar-refractivity contribution in [1.82, 2.24) is 10.3 Å². The number of pyridine rings is 1. The maximum absolute atomic E-state index is 12.5. The zero-order valence-electron chi connectivity index (χ0n) is 16.8. The van der Waals surface area contributed by atoms with Crippen molar-refractivity contribution in [1.29, 1.82) is 5.26 Å². The first-order valence-electron chi connectivity index (χ1n) is 9.33. The van der Waals surface area contributed by atoms with Crippen LogP contribution in [-0.2, 0) is 0 Å². The fourth-order valence-electron chi connectivity index (χ4n) is 2.48. The number of nitrogens with zero attached hydrogens (tertiary/aromatic N) is 2. The fraction of sp³-hybridized carbons (Fsp3) is 0.381. The number of hydrogen-bond acceptors (Lipinski definition) is 6. The summed E-state index contributed by atoms with van der Waals surface area (Å²) in [5, 5.41) is 15.2. The molecule has 1 heterocycles. The van der Waals surface area contributed by atoms with E-state index in [1.807, 2.05) is 0 Å². The number of benzene rings is 1. The van der Waals surface area contributed by atoms with E-state index in [-0.39, 0.29) is 5.91 Å². The molecule has 0 fully saturated rings. The van der Waals surface area contributed by atoms with Crippen molar-refractivity contribution in [3.05, 3.63) is 46.6 Å². The quantitative estimate of drug-likeness (QED) is 0.570. The summed E-state index contributed by atoms with van der Waals surface area (Å²) in [6, 6.07) is 8.59. The summed E-state index contributed by atoms with van der Waals surface area (Å²) in [7, 11) is 1.51. The van der Waals surface area contributed by atoms with Gasteiger partial charge in [0.05, 0.1) is 24.3 Å². The molecule has 7 nitrogen and oxygen atoms in total. The van der Waals surface area contributed by atoms with Gasteiger partial charge in [-0.1, -0.05) is 25.4 Å². The normalized spacial score (nSPS) is 10.3. The molecule has 2 rings (SSSR count). The fourth-order valence-corrected chi connectivity index (χ4v) is 2.75. The number of hydrogen-bond donors (Lipinski definition) is 2. The van der Waals surface area contributed by atoms with Crippen LogP contribution >= 0.6 is 11.6 Å². The maximum Gasteiger partial charge on any atom is 0.251 e. The zero-order chi connectivity index (χ0) is 21.2. The second-order valence-electron chi connectivity index (χ2n) is 6.71. The minimum atomic E-state index is -0.290.